The van der Waals surface area contributed by atoms with Crippen LogP contribution in [0.15, 0.2) is 0 Å². The zero-order valence-corrected chi connectivity index (χ0v) is 14.5. The molecule has 22 heavy (non-hydrogen) atoms. The summed E-state index contributed by atoms with van der Waals surface area (Å²) in [5, 5.41) is 25.0. The van der Waals surface area contributed by atoms with Gasteiger partial charge >= 0.3 is 8.60 Å². The zero-order chi connectivity index (χ0) is 17.3. The molecule has 7 N–H and O–H groups in total. The third-order valence-corrected chi connectivity index (χ3v) is 3.56. The van der Waals surface area contributed by atoms with E-state index in [1.165, 1.54) is 38.5 Å². The number of nitrogens with two attached hydrogens (primary N) is 1. The summed E-state index contributed by atoms with van der Waals surface area (Å²) < 4.78 is 4.66. The van der Waals surface area contributed by atoms with Crippen LogP contribution in [-0.2, 0) is 4.52 Å². The van der Waals surface area contributed by atoms with Crippen LogP contribution in [-0.4, -0.2) is 57.1 Å². The molecule has 8 heteroatoms. The minimum absolute atomic E-state index is 0.403. The van der Waals surface area contributed by atoms with Crippen molar-refractivity contribution in [2.24, 2.45) is 5.73 Å². The van der Waals surface area contributed by atoms with E-state index in [0.29, 0.717) is 6.61 Å². The molecule has 0 saturated carbocycles. The molecule has 136 valence electrons. The second-order valence-corrected chi connectivity index (χ2v) is 6.16. The topological polar surface area (TPSA) is 136 Å². The minimum Gasteiger partial charge on any atom is -0.394 e. The lowest BCUT2D eigenvalue weighted by atomic mass is 10.1. The molecule has 0 aliphatic rings. The highest BCUT2D eigenvalue weighted by atomic mass is 31.2. The molecule has 0 aromatic carbocycles. The highest BCUT2D eigenvalue weighted by molar-refractivity contribution is 7.39. The van der Waals surface area contributed by atoms with Gasteiger partial charge in [-0.3, -0.25) is 0 Å². The first-order chi connectivity index (χ1) is 10.5. The first-order valence-corrected chi connectivity index (χ1v) is 9.04. The van der Waals surface area contributed by atoms with Crippen molar-refractivity contribution in [1.82, 2.24) is 0 Å². The van der Waals surface area contributed by atoms with E-state index < -0.39 is 34.0 Å². The second kappa shape index (κ2) is 17.5. The van der Waals surface area contributed by atoms with Crippen molar-refractivity contribution in [3.63, 3.8) is 0 Å². The van der Waals surface area contributed by atoms with Gasteiger partial charge in [0.15, 0.2) is 0 Å². The van der Waals surface area contributed by atoms with E-state index in [1.54, 1.807) is 0 Å². The molecule has 0 saturated heterocycles. The van der Waals surface area contributed by atoms with Crippen LogP contribution in [0.4, 0.5) is 0 Å². The van der Waals surface area contributed by atoms with Gasteiger partial charge < -0.3 is 35.4 Å². The summed E-state index contributed by atoms with van der Waals surface area (Å²) in [5.74, 6) is 0. The van der Waals surface area contributed by atoms with Gasteiger partial charge in [-0.15, -0.1) is 0 Å². The Balaban J connectivity index is 0. The van der Waals surface area contributed by atoms with Gasteiger partial charge in [-0.05, 0) is 6.42 Å². The normalized spacial score (nSPS) is 11.5. The van der Waals surface area contributed by atoms with Crippen LogP contribution in [0.5, 0.6) is 0 Å². The van der Waals surface area contributed by atoms with Crippen LogP contribution in [0.1, 0.15) is 58.3 Å². The van der Waals surface area contributed by atoms with Gasteiger partial charge in [0, 0.05) is 0 Å². The SMILES string of the molecule is CCCCCCCCCCOP(O)O.NC(CO)(CO)CO. The van der Waals surface area contributed by atoms with Crippen LogP contribution in [0.25, 0.3) is 0 Å². The number of hydrogen-bond donors (Lipinski definition) is 6. The van der Waals surface area contributed by atoms with Gasteiger partial charge in [-0.1, -0.05) is 51.9 Å². The molecule has 0 fully saturated rings. The summed E-state index contributed by atoms with van der Waals surface area (Å²) in [6, 6.07) is 0. The van der Waals surface area contributed by atoms with Crippen LogP contribution in [0.2, 0.25) is 0 Å². The van der Waals surface area contributed by atoms with Crippen molar-refractivity contribution in [3.8, 4) is 0 Å². The summed E-state index contributed by atoms with van der Waals surface area (Å²) in [6.07, 6.45) is 9.94. The van der Waals surface area contributed by atoms with Gasteiger partial charge in [0.2, 0.25) is 0 Å². The van der Waals surface area contributed by atoms with E-state index in [-0.39, 0.29) is 0 Å². The number of rotatable bonds is 13. The number of hydrogen-bond acceptors (Lipinski definition) is 7. The van der Waals surface area contributed by atoms with Crippen molar-refractivity contribution in [2.75, 3.05) is 26.4 Å². The molecule has 0 aromatic rings. The molecule has 0 unspecified atom stereocenters. The Morgan fingerprint density at radius 1 is 0.818 bits per heavy atom. The molecule has 0 aromatic heterocycles. The van der Waals surface area contributed by atoms with E-state index in [4.69, 9.17) is 30.8 Å². The molecular weight excluding hydrogens is 309 g/mol. The fourth-order valence-electron chi connectivity index (χ4n) is 1.53. The molecule has 0 bridgehead atoms. The second-order valence-electron chi connectivity index (χ2n) is 5.40. The zero-order valence-electron chi connectivity index (χ0n) is 13.7. The maximum Gasteiger partial charge on any atom is 0.327 e. The molecule has 0 atom stereocenters. The average Bonchev–Trinajstić information content (AvgIpc) is 2.53. The first-order valence-electron chi connectivity index (χ1n) is 7.88. The van der Waals surface area contributed by atoms with Crippen molar-refractivity contribution >= 4 is 8.60 Å². The summed E-state index contributed by atoms with van der Waals surface area (Å²) in [7, 11) is -2.13. The predicted octanol–water partition coefficient (Wildman–Crippen LogP) is 1.02. The predicted molar refractivity (Wildman–Crippen MR) is 88.1 cm³/mol. The average molecular weight is 343 g/mol. The molecule has 0 amide bonds. The summed E-state index contributed by atoms with van der Waals surface area (Å²) in [5.41, 5.74) is 3.94. The van der Waals surface area contributed by atoms with E-state index in [1.807, 2.05) is 0 Å². The fourth-order valence-corrected chi connectivity index (χ4v) is 1.82. The number of aliphatic hydroxyl groups is 3. The van der Waals surface area contributed by atoms with Crippen molar-refractivity contribution < 1.29 is 29.6 Å². The van der Waals surface area contributed by atoms with Crippen LogP contribution >= 0.6 is 8.60 Å². The Labute approximate surface area is 135 Å². The highest BCUT2D eigenvalue weighted by Gasteiger charge is 2.20. The van der Waals surface area contributed by atoms with Gasteiger partial charge in [-0.25, -0.2) is 0 Å². The molecule has 0 spiro atoms. The van der Waals surface area contributed by atoms with Crippen LogP contribution < -0.4 is 5.73 Å². The highest BCUT2D eigenvalue weighted by Crippen LogP contribution is 2.24. The lowest BCUT2D eigenvalue weighted by Gasteiger charge is -2.20. The van der Waals surface area contributed by atoms with Crippen LogP contribution in [0, 0.1) is 0 Å². The minimum atomic E-state index is -2.13. The summed E-state index contributed by atoms with van der Waals surface area (Å²) >= 11 is 0. The number of unbranched alkanes of at least 4 members (excludes halogenated alkanes) is 7. The Morgan fingerprint density at radius 2 is 1.23 bits per heavy atom. The Bertz CT molecular complexity index is 209. The maximum atomic E-state index is 8.45. The lowest BCUT2D eigenvalue weighted by molar-refractivity contribution is 0.0697. The molecule has 0 rings (SSSR count). The monoisotopic (exact) mass is 343 g/mol. The maximum absolute atomic E-state index is 8.45. The van der Waals surface area contributed by atoms with E-state index in [2.05, 4.69) is 11.4 Å². The van der Waals surface area contributed by atoms with E-state index >= 15 is 0 Å². The molecule has 7 nitrogen and oxygen atoms in total. The smallest absolute Gasteiger partial charge is 0.327 e. The van der Waals surface area contributed by atoms with Gasteiger partial charge in [0.25, 0.3) is 0 Å². The van der Waals surface area contributed by atoms with Crippen LogP contribution in [0.3, 0.4) is 0 Å². The Kier molecular flexibility index (Phi) is 19.4. The largest absolute Gasteiger partial charge is 0.394 e. The van der Waals surface area contributed by atoms with Gasteiger partial charge in [0.1, 0.15) is 0 Å². The Morgan fingerprint density at radius 3 is 1.55 bits per heavy atom. The first kappa shape index (κ1) is 24.4. The quantitative estimate of drug-likeness (QED) is 0.217. The summed E-state index contributed by atoms with van der Waals surface area (Å²) in [4.78, 5) is 16.9. The number of aliphatic hydroxyl groups excluding tert-OH is 3. The molecular formula is C14H34NO6P. The van der Waals surface area contributed by atoms with Gasteiger partial charge in [0.05, 0.1) is 32.0 Å². The Hall–Kier alpha value is 0.150. The lowest BCUT2D eigenvalue weighted by Crippen LogP contribution is -2.50. The molecule has 0 aliphatic heterocycles. The van der Waals surface area contributed by atoms with Crippen molar-refractivity contribution in [2.45, 2.75) is 63.8 Å². The van der Waals surface area contributed by atoms with Gasteiger partial charge in [-0.2, -0.15) is 0 Å². The van der Waals surface area contributed by atoms with Crippen molar-refractivity contribution in [1.29, 1.82) is 0 Å². The standard InChI is InChI=1S/C10H23O3P.C4H11NO3/c1-2-3-4-5-6-7-8-9-10-13-14(11)12;5-4(1-6,2-7)3-8/h11-12H,2-10H2,1H3;6-8H,1-3,5H2. The van der Waals surface area contributed by atoms with E-state index in [0.717, 1.165) is 12.8 Å². The third-order valence-electron chi connectivity index (χ3n) is 3.15. The summed E-state index contributed by atoms with van der Waals surface area (Å²) in [6.45, 7) is 1.49. The fraction of sp³-hybridized carbons (Fsp3) is 1.00. The third kappa shape index (κ3) is 18.2. The molecule has 0 aliphatic carbocycles. The molecule has 0 radical (unpaired) electrons. The molecule has 0 heterocycles. The van der Waals surface area contributed by atoms with E-state index in [9.17, 15) is 0 Å². The van der Waals surface area contributed by atoms with Crippen molar-refractivity contribution in [3.05, 3.63) is 0 Å².